The van der Waals surface area contributed by atoms with Gasteiger partial charge in [-0.15, -0.1) is 5.10 Å². The molecule has 0 bridgehead atoms. The molecule has 19 heavy (non-hydrogen) atoms. The minimum Gasteiger partial charge on any atom is -0.478 e. The van der Waals surface area contributed by atoms with Crippen LogP contribution < -0.4 is 4.74 Å². The van der Waals surface area contributed by atoms with E-state index >= 15 is 0 Å². The number of carboxylic acid groups (broad SMARTS) is 1. The quantitative estimate of drug-likeness (QED) is 0.631. The Hall–Kier alpha value is -2.97. The summed E-state index contributed by atoms with van der Waals surface area (Å²) in [6.07, 6.45) is 0.976. The number of ether oxygens (including phenoxy) is 1. The molecule has 2 heterocycles. The third-order valence-corrected chi connectivity index (χ3v) is 2.16. The first-order valence-electron chi connectivity index (χ1n) is 5.05. The van der Waals surface area contributed by atoms with E-state index < -0.39 is 16.6 Å². The zero-order valence-corrected chi connectivity index (χ0v) is 9.65. The van der Waals surface area contributed by atoms with E-state index in [-0.39, 0.29) is 17.3 Å². The number of aromatic amines is 1. The van der Waals surface area contributed by atoms with Crippen LogP contribution in [0, 0.1) is 17.0 Å². The minimum atomic E-state index is -1.31. The van der Waals surface area contributed by atoms with Gasteiger partial charge in [-0.25, -0.2) is 9.78 Å². The summed E-state index contributed by atoms with van der Waals surface area (Å²) in [6.45, 7) is 1.73. The Labute approximate surface area is 106 Å². The first-order chi connectivity index (χ1) is 8.97. The normalized spacial score (nSPS) is 10.2. The van der Waals surface area contributed by atoms with Gasteiger partial charge in [0.2, 0.25) is 5.88 Å². The van der Waals surface area contributed by atoms with Crippen molar-refractivity contribution in [2.45, 2.75) is 6.92 Å². The van der Waals surface area contributed by atoms with Crippen LogP contribution in [-0.2, 0) is 0 Å². The lowest BCUT2D eigenvalue weighted by atomic mass is 10.2. The third-order valence-electron chi connectivity index (χ3n) is 2.16. The maximum absolute atomic E-state index is 10.9. The monoisotopic (exact) mass is 264 g/mol. The van der Waals surface area contributed by atoms with Crippen LogP contribution in [0.25, 0.3) is 0 Å². The fourth-order valence-electron chi connectivity index (χ4n) is 1.31. The van der Waals surface area contributed by atoms with Gasteiger partial charge in [0.15, 0.2) is 0 Å². The topological polar surface area (TPSA) is 131 Å². The van der Waals surface area contributed by atoms with Crippen molar-refractivity contribution in [2.75, 3.05) is 0 Å². The van der Waals surface area contributed by atoms with E-state index in [1.165, 1.54) is 6.07 Å². The molecule has 0 spiro atoms. The zero-order valence-electron chi connectivity index (χ0n) is 9.65. The fraction of sp³-hybridized carbons (Fsp3) is 0.100. The lowest BCUT2D eigenvalue weighted by Crippen LogP contribution is -2.02. The predicted octanol–water partition coefficient (Wildman–Crippen LogP) is 1.51. The van der Waals surface area contributed by atoms with Gasteiger partial charge in [-0.3, -0.25) is 15.2 Å². The largest absolute Gasteiger partial charge is 0.478 e. The summed E-state index contributed by atoms with van der Waals surface area (Å²) < 4.78 is 5.14. The summed E-state index contributed by atoms with van der Waals surface area (Å²) in [4.78, 5) is 24.4. The number of aromatic carboxylic acids is 1. The standard InChI is InChI=1S/C10H8N4O5/c1-5-2-8(13-12-5)19-9-7(14(17)18)3-6(4-11-9)10(15)16/h2-4H,1H3,(H,12,13)(H,15,16). The van der Waals surface area contributed by atoms with Crippen molar-refractivity contribution in [2.24, 2.45) is 0 Å². The van der Waals surface area contributed by atoms with Crippen LogP contribution in [0.4, 0.5) is 5.69 Å². The number of nitrogens with zero attached hydrogens (tertiary/aromatic N) is 3. The van der Waals surface area contributed by atoms with Gasteiger partial charge in [0, 0.05) is 24.0 Å². The zero-order chi connectivity index (χ0) is 14.0. The second-order valence-corrected chi connectivity index (χ2v) is 3.60. The molecule has 0 amide bonds. The van der Waals surface area contributed by atoms with Crippen LogP contribution in [0.1, 0.15) is 16.1 Å². The maximum Gasteiger partial charge on any atom is 0.337 e. The molecule has 2 aromatic heterocycles. The Balaban J connectivity index is 2.39. The van der Waals surface area contributed by atoms with Crippen LogP contribution in [0.15, 0.2) is 18.3 Å². The average molecular weight is 264 g/mol. The molecule has 0 saturated carbocycles. The van der Waals surface area contributed by atoms with Gasteiger partial charge < -0.3 is 9.84 Å². The average Bonchev–Trinajstić information content (AvgIpc) is 2.74. The summed E-state index contributed by atoms with van der Waals surface area (Å²) >= 11 is 0. The lowest BCUT2D eigenvalue weighted by Gasteiger charge is -2.02. The van der Waals surface area contributed by atoms with E-state index in [0.29, 0.717) is 5.69 Å². The molecule has 0 fully saturated rings. The number of aromatic nitrogens is 3. The highest BCUT2D eigenvalue weighted by Gasteiger charge is 2.21. The van der Waals surface area contributed by atoms with Crippen molar-refractivity contribution < 1.29 is 19.6 Å². The van der Waals surface area contributed by atoms with Crippen LogP contribution in [0.2, 0.25) is 0 Å². The van der Waals surface area contributed by atoms with Crippen molar-refractivity contribution >= 4 is 11.7 Å². The highest BCUT2D eigenvalue weighted by atomic mass is 16.6. The van der Waals surface area contributed by atoms with Crippen LogP contribution in [0.3, 0.4) is 0 Å². The van der Waals surface area contributed by atoms with Crippen molar-refractivity contribution in [1.82, 2.24) is 15.2 Å². The van der Waals surface area contributed by atoms with Crippen molar-refractivity contribution in [3.8, 4) is 11.8 Å². The number of rotatable bonds is 4. The number of hydrogen-bond donors (Lipinski definition) is 2. The van der Waals surface area contributed by atoms with E-state index in [2.05, 4.69) is 15.2 Å². The highest BCUT2D eigenvalue weighted by molar-refractivity contribution is 5.88. The number of nitrogens with one attached hydrogen (secondary N) is 1. The lowest BCUT2D eigenvalue weighted by molar-refractivity contribution is -0.386. The number of carbonyl (C=O) groups is 1. The van der Waals surface area contributed by atoms with E-state index in [0.717, 1.165) is 12.3 Å². The molecule has 9 nitrogen and oxygen atoms in total. The summed E-state index contributed by atoms with van der Waals surface area (Å²) in [5.74, 6) is -1.52. The van der Waals surface area contributed by atoms with Gasteiger partial charge in [0.1, 0.15) is 0 Å². The molecule has 0 saturated heterocycles. The molecule has 0 aliphatic carbocycles. The van der Waals surface area contributed by atoms with E-state index in [1.54, 1.807) is 6.92 Å². The second kappa shape index (κ2) is 4.72. The van der Waals surface area contributed by atoms with Crippen molar-refractivity contribution in [3.05, 3.63) is 39.7 Å². The highest BCUT2D eigenvalue weighted by Crippen LogP contribution is 2.28. The fourth-order valence-corrected chi connectivity index (χ4v) is 1.31. The van der Waals surface area contributed by atoms with Crippen LogP contribution >= 0.6 is 0 Å². The Kier molecular flexibility index (Phi) is 3.10. The number of pyridine rings is 1. The summed E-state index contributed by atoms with van der Waals surface area (Å²) in [7, 11) is 0. The third kappa shape index (κ3) is 2.65. The smallest absolute Gasteiger partial charge is 0.337 e. The van der Waals surface area contributed by atoms with Gasteiger partial charge >= 0.3 is 17.5 Å². The van der Waals surface area contributed by atoms with Crippen LogP contribution in [-0.4, -0.2) is 31.2 Å². The summed E-state index contributed by atoms with van der Waals surface area (Å²) in [6, 6.07) is 2.40. The Morgan fingerprint density at radius 2 is 2.26 bits per heavy atom. The molecule has 2 N–H and O–H groups in total. The molecule has 0 aliphatic rings. The molecule has 0 aromatic carbocycles. The number of H-pyrrole nitrogens is 1. The van der Waals surface area contributed by atoms with Crippen molar-refractivity contribution in [1.29, 1.82) is 0 Å². The van der Waals surface area contributed by atoms with E-state index in [4.69, 9.17) is 9.84 Å². The van der Waals surface area contributed by atoms with Gasteiger partial charge in [0.25, 0.3) is 0 Å². The molecule has 0 aliphatic heterocycles. The minimum absolute atomic E-state index is 0.108. The van der Waals surface area contributed by atoms with Crippen molar-refractivity contribution in [3.63, 3.8) is 0 Å². The molecule has 0 atom stereocenters. The molecule has 2 rings (SSSR count). The van der Waals surface area contributed by atoms with E-state index in [9.17, 15) is 14.9 Å². The van der Waals surface area contributed by atoms with Gasteiger partial charge in [0.05, 0.1) is 10.5 Å². The molecular weight excluding hydrogens is 256 g/mol. The van der Waals surface area contributed by atoms with Gasteiger partial charge in [-0.1, -0.05) is 0 Å². The van der Waals surface area contributed by atoms with Crippen LogP contribution in [0.5, 0.6) is 11.8 Å². The molecular formula is C10H8N4O5. The van der Waals surface area contributed by atoms with Gasteiger partial charge in [-0.2, -0.15) is 0 Å². The Morgan fingerprint density at radius 3 is 2.79 bits per heavy atom. The molecule has 2 aromatic rings. The molecule has 0 radical (unpaired) electrons. The summed E-state index contributed by atoms with van der Waals surface area (Å²) in [5, 5.41) is 26.0. The molecule has 98 valence electrons. The number of carboxylic acids is 1. The number of hydrogen-bond acceptors (Lipinski definition) is 6. The number of aryl methyl sites for hydroxylation is 1. The summed E-state index contributed by atoms with van der Waals surface area (Å²) in [5.41, 5.74) is -0.127. The molecule has 9 heteroatoms. The number of nitro groups is 1. The van der Waals surface area contributed by atoms with Gasteiger partial charge in [-0.05, 0) is 6.92 Å². The first-order valence-corrected chi connectivity index (χ1v) is 5.05. The SMILES string of the molecule is Cc1cc(Oc2ncc(C(=O)O)cc2[N+](=O)[O-])n[nH]1. The first kappa shape index (κ1) is 12.5. The maximum atomic E-state index is 10.9. The Morgan fingerprint density at radius 1 is 1.53 bits per heavy atom. The predicted molar refractivity (Wildman–Crippen MR) is 61.2 cm³/mol. The molecule has 0 unspecified atom stereocenters. The Bertz CT molecular complexity index is 651. The van der Waals surface area contributed by atoms with E-state index in [1.807, 2.05) is 0 Å². The second-order valence-electron chi connectivity index (χ2n) is 3.60.